The smallest absolute Gasteiger partial charge is 0.160 e. The molecule has 1 aliphatic rings. The Morgan fingerprint density at radius 3 is 2.19 bits per heavy atom. The summed E-state index contributed by atoms with van der Waals surface area (Å²) in [5.74, 6) is 1.18. The van der Waals surface area contributed by atoms with Gasteiger partial charge in [-0.15, -0.1) is 0 Å². The van der Waals surface area contributed by atoms with E-state index < -0.39 is 0 Å². The molecule has 0 aromatic rings. The Hall–Kier alpha value is -0.0800. The maximum Gasteiger partial charge on any atom is 0.160 e. The molecule has 0 aromatic carbocycles. The van der Waals surface area contributed by atoms with Gasteiger partial charge in [0.1, 0.15) is 0 Å². The highest BCUT2D eigenvalue weighted by Crippen LogP contribution is 2.35. The lowest BCUT2D eigenvalue weighted by atomic mass is 9.77. The zero-order valence-corrected chi connectivity index (χ0v) is 11.6. The van der Waals surface area contributed by atoms with Crippen LogP contribution >= 0.6 is 0 Å². The highest BCUT2D eigenvalue weighted by Gasteiger charge is 2.37. The van der Waals surface area contributed by atoms with Crippen molar-refractivity contribution in [2.75, 3.05) is 13.2 Å². The van der Waals surface area contributed by atoms with Gasteiger partial charge in [-0.05, 0) is 12.3 Å². The maximum absolute atomic E-state index is 5.91. The van der Waals surface area contributed by atoms with Gasteiger partial charge in [-0.2, -0.15) is 0 Å². The number of hydrogen-bond donors (Lipinski definition) is 0. The lowest BCUT2D eigenvalue weighted by Gasteiger charge is -2.42. The lowest BCUT2D eigenvalue weighted by Crippen LogP contribution is -2.45. The van der Waals surface area contributed by atoms with Gasteiger partial charge in [0.15, 0.2) is 6.29 Å². The molecule has 16 heavy (non-hydrogen) atoms. The van der Waals surface area contributed by atoms with Crippen molar-refractivity contribution < 1.29 is 9.47 Å². The minimum absolute atomic E-state index is 0.0251. The SMILES string of the molecule is CCCC(C)C1OCC(C)(C(C)CC)CO1. The molecule has 2 atom stereocenters. The first-order valence-electron chi connectivity index (χ1n) is 6.76. The van der Waals surface area contributed by atoms with Gasteiger partial charge >= 0.3 is 0 Å². The van der Waals surface area contributed by atoms with E-state index in [4.69, 9.17) is 9.47 Å². The van der Waals surface area contributed by atoms with E-state index >= 15 is 0 Å². The van der Waals surface area contributed by atoms with Gasteiger partial charge in [0.25, 0.3) is 0 Å². The Morgan fingerprint density at radius 2 is 1.75 bits per heavy atom. The molecule has 0 amide bonds. The molecule has 2 unspecified atom stereocenters. The minimum Gasteiger partial charge on any atom is -0.352 e. The average Bonchev–Trinajstić information content (AvgIpc) is 2.29. The van der Waals surface area contributed by atoms with Crippen molar-refractivity contribution in [3.8, 4) is 0 Å². The fraction of sp³-hybridized carbons (Fsp3) is 1.00. The summed E-state index contributed by atoms with van der Waals surface area (Å²) >= 11 is 0. The minimum atomic E-state index is 0.0251. The second-order valence-corrected chi connectivity index (χ2v) is 5.72. The largest absolute Gasteiger partial charge is 0.352 e. The molecule has 0 aromatic heterocycles. The molecule has 0 N–H and O–H groups in total. The Labute approximate surface area is 101 Å². The van der Waals surface area contributed by atoms with Gasteiger partial charge < -0.3 is 9.47 Å². The summed E-state index contributed by atoms with van der Waals surface area (Å²) in [6.45, 7) is 12.9. The summed E-state index contributed by atoms with van der Waals surface area (Å²) in [4.78, 5) is 0. The van der Waals surface area contributed by atoms with Gasteiger partial charge in [-0.3, -0.25) is 0 Å². The van der Waals surface area contributed by atoms with Gasteiger partial charge in [0.05, 0.1) is 13.2 Å². The molecule has 1 rings (SSSR count). The first-order chi connectivity index (χ1) is 7.53. The monoisotopic (exact) mass is 228 g/mol. The summed E-state index contributed by atoms with van der Waals surface area (Å²) in [5, 5.41) is 0. The molecule has 1 aliphatic heterocycles. The quantitative estimate of drug-likeness (QED) is 0.711. The molecule has 0 aliphatic carbocycles. The summed E-state index contributed by atoms with van der Waals surface area (Å²) in [7, 11) is 0. The van der Waals surface area contributed by atoms with E-state index in [2.05, 4.69) is 34.6 Å². The molecule has 0 bridgehead atoms. The third-order valence-corrected chi connectivity index (χ3v) is 4.17. The maximum atomic E-state index is 5.91. The second-order valence-electron chi connectivity index (χ2n) is 5.72. The van der Waals surface area contributed by atoms with Crippen molar-refractivity contribution in [3.63, 3.8) is 0 Å². The molecular formula is C14H28O2. The zero-order chi connectivity index (χ0) is 12.2. The van der Waals surface area contributed by atoms with Crippen LogP contribution in [0, 0.1) is 17.3 Å². The van der Waals surface area contributed by atoms with Gasteiger partial charge in [-0.25, -0.2) is 0 Å². The first-order valence-corrected chi connectivity index (χ1v) is 6.76. The second kappa shape index (κ2) is 6.02. The topological polar surface area (TPSA) is 18.5 Å². The number of hydrogen-bond acceptors (Lipinski definition) is 2. The van der Waals surface area contributed by atoms with Crippen LogP contribution in [0.2, 0.25) is 0 Å². The molecule has 0 spiro atoms. The molecule has 1 saturated heterocycles. The van der Waals surface area contributed by atoms with Crippen LogP contribution in [0.3, 0.4) is 0 Å². The number of rotatable bonds is 5. The number of ether oxygens (including phenoxy) is 2. The molecule has 0 saturated carbocycles. The summed E-state index contributed by atoms with van der Waals surface area (Å²) in [5.41, 5.74) is 0.206. The van der Waals surface area contributed by atoms with E-state index in [0.29, 0.717) is 11.8 Å². The third kappa shape index (κ3) is 3.21. The molecule has 1 heterocycles. The van der Waals surface area contributed by atoms with Crippen LogP contribution in [-0.2, 0) is 9.47 Å². The van der Waals surface area contributed by atoms with Crippen LogP contribution in [0.4, 0.5) is 0 Å². The Morgan fingerprint density at radius 1 is 1.19 bits per heavy atom. The molecule has 0 radical (unpaired) electrons. The van der Waals surface area contributed by atoms with E-state index in [0.717, 1.165) is 13.2 Å². The first kappa shape index (κ1) is 14.0. The highest BCUT2D eigenvalue weighted by atomic mass is 16.7. The van der Waals surface area contributed by atoms with E-state index in [1.165, 1.54) is 19.3 Å². The molecule has 1 fully saturated rings. The Kier molecular flexibility index (Phi) is 5.26. The summed E-state index contributed by atoms with van der Waals surface area (Å²) in [6.07, 6.45) is 3.60. The molecule has 2 heteroatoms. The van der Waals surface area contributed by atoms with Crippen LogP contribution in [0.15, 0.2) is 0 Å². The fourth-order valence-corrected chi connectivity index (χ4v) is 2.33. The highest BCUT2D eigenvalue weighted by molar-refractivity contribution is 4.82. The lowest BCUT2D eigenvalue weighted by molar-refractivity contribution is -0.254. The molecular weight excluding hydrogens is 200 g/mol. The third-order valence-electron chi connectivity index (χ3n) is 4.17. The van der Waals surface area contributed by atoms with Crippen molar-refractivity contribution in [2.45, 2.75) is 60.2 Å². The summed E-state index contributed by atoms with van der Waals surface area (Å²) in [6, 6.07) is 0. The van der Waals surface area contributed by atoms with Gasteiger partial charge in [0, 0.05) is 11.3 Å². The molecule has 2 nitrogen and oxygen atoms in total. The Bertz CT molecular complexity index is 195. The normalized spacial score (nSPS) is 34.7. The average molecular weight is 228 g/mol. The van der Waals surface area contributed by atoms with Gasteiger partial charge in [-0.1, -0.05) is 47.5 Å². The van der Waals surface area contributed by atoms with Crippen molar-refractivity contribution in [3.05, 3.63) is 0 Å². The van der Waals surface area contributed by atoms with Crippen molar-refractivity contribution >= 4 is 0 Å². The van der Waals surface area contributed by atoms with E-state index in [-0.39, 0.29) is 11.7 Å². The van der Waals surface area contributed by atoms with Crippen molar-refractivity contribution in [1.29, 1.82) is 0 Å². The molecule has 96 valence electrons. The van der Waals surface area contributed by atoms with Gasteiger partial charge in [0.2, 0.25) is 0 Å². The Balaban J connectivity index is 2.44. The van der Waals surface area contributed by atoms with Crippen molar-refractivity contribution in [2.24, 2.45) is 17.3 Å². The van der Waals surface area contributed by atoms with E-state index in [1.807, 2.05) is 0 Å². The summed E-state index contributed by atoms with van der Waals surface area (Å²) < 4.78 is 11.8. The standard InChI is InChI=1S/C14H28O2/c1-6-8-11(3)13-15-9-14(5,10-16-13)12(4)7-2/h11-13H,6-10H2,1-5H3. The predicted molar refractivity (Wildman–Crippen MR) is 67.3 cm³/mol. The van der Waals surface area contributed by atoms with E-state index in [1.54, 1.807) is 0 Å². The van der Waals surface area contributed by atoms with E-state index in [9.17, 15) is 0 Å². The van der Waals surface area contributed by atoms with Crippen molar-refractivity contribution in [1.82, 2.24) is 0 Å². The predicted octanol–water partition coefficient (Wildman–Crippen LogP) is 3.85. The van der Waals surface area contributed by atoms with Crippen LogP contribution < -0.4 is 0 Å². The fourth-order valence-electron chi connectivity index (χ4n) is 2.33. The zero-order valence-electron chi connectivity index (χ0n) is 11.6. The van der Waals surface area contributed by atoms with Crippen LogP contribution in [0.5, 0.6) is 0 Å². The van der Waals surface area contributed by atoms with Crippen LogP contribution in [-0.4, -0.2) is 19.5 Å². The van der Waals surface area contributed by atoms with Crippen LogP contribution in [0.1, 0.15) is 53.9 Å². The van der Waals surface area contributed by atoms with Crippen LogP contribution in [0.25, 0.3) is 0 Å².